The first-order chi connectivity index (χ1) is 13.8. The molecule has 0 atom stereocenters. The molecular formula is C23H28N4O. The van der Waals surface area contributed by atoms with Crippen molar-refractivity contribution in [1.82, 2.24) is 10.6 Å². The predicted octanol–water partition coefficient (Wildman–Crippen LogP) is 3.32. The molecule has 5 heteroatoms. The SMILES string of the molecule is CO.N#Cc1cccc(-c2cc3c(c(NCC4CCNCC4)c2)CNC=C3)c1. The molecule has 0 unspecified atom stereocenters. The zero-order valence-electron chi connectivity index (χ0n) is 16.3. The Kier molecular flexibility index (Phi) is 7.07. The Morgan fingerprint density at radius 1 is 1.14 bits per heavy atom. The minimum absolute atomic E-state index is 0.696. The number of piperidine rings is 1. The maximum absolute atomic E-state index is 9.20. The van der Waals surface area contributed by atoms with E-state index in [1.807, 2.05) is 24.4 Å². The highest BCUT2D eigenvalue weighted by atomic mass is 16.2. The standard InChI is InChI=1S/C22H24N4.CH4O/c23-13-17-2-1-3-18(10-17)20-11-19-6-9-25-15-21(19)22(12-20)26-14-16-4-7-24-8-5-16;1-2/h1-3,6,9-12,16,24-26H,4-5,7-8,14-15H2;2H,1H3. The van der Waals surface area contributed by atoms with Gasteiger partial charge in [0.25, 0.3) is 0 Å². The van der Waals surface area contributed by atoms with E-state index in [9.17, 15) is 5.26 Å². The van der Waals surface area contributed by atoms with Crippen molar-refractivity contribution in [1.29, 1.82) is 5.26 Å². The first-order valence-corrected chi connectivity index (χ1v) is 9.80. The second-order valence-corrected chi connectivity index (χ2v) is 7.07. The lowest BCUT2D eigenvalue weighted by atomic mass is 9.94. The quantitative estimate of drug-likeness (QED) is 0.658. The number of anilines is 1. The van der Waals surface area contributed by atoms with Crippen molar-refractivity contribution in [3.8, 4) is 17.2 Å². The molecule has 2 aliphatic rings. The first-order valence-electron chi connectivity index (χ1n) is 9.80. The second kappa shape index (κ2) is 9.93. The summed E-state index contributed by atoms with van der Waals surface area (Å²) in [5, 5.41) is 26.7. The average Bonchev–Trinajstić information content (AvgIpc) is 2.79. The molecule has 2 aromatic rings. The average molecular weight is 377 g/mol. The van der Waals surface area contributed by atoms with E-state index in [1.54, 1.807) is 0 Å². The summed E-state index contributed by atoms with van der Waals surface area (Å²) in [4.78, 5) is 0. The van der Waals surface area contributed by atoms with Crippen LogP contribution in [0.1, 0.15) is 29.5 Å². The third-order valence-corrected chi connectivity index (χ3v) is 5.31. The summed E-state index contributed by atoms with van der Waals surface area (Å²) < 4.78 is 0. The van der Waals surface area contributed by atoms with Crippen molar-refractivity contribution in [2.75, 3.05) is 32.1 Å². The maximum atomic E-state index is 9.20. The highest BCUT2D eigenvalue weighted by molar-refractivity contribution is 5.77. The molecular weight excluding hydrogens is 348 g/mol. The van der Waals surface area contributed by atoms with Crippen LogP contribution in [0.4, 0.5) is 5.69 Å². The molecule has 4 rings (SSSR count). The number of hydrogen-bond donors (Lipinski definition) is 4. The van der Waals surface area contributed by atoms with Gasteiger partial charge in [-0.15, -0.1) is 0 Å². The molecule has 0 amide bonds. The van der Waals surface area contributed by atoms with Crippen molar-refractivity contribution in [3.63, 3.8) is 0 Å². The van der Waals surface area contributed by atoms with Gasteiger partial charge in [-0.25, -0.2) is 0 Å². The van der Waals surface area contributed by atoms with Crippen molar-refractivity contribution in [2.45, 2.75) is 19.4 Å². The molecule has 2 aromatic carbocycles. The Labute approximate surface area is 167 Å². The topological polar surface area (TPSA) is 80.1 Å². The Balaban J connectivity index is 0.00000109. The van der Waals surface area contributed by atoms with Crippen LogP contribution in [0.3, 0.4) is 0 Å². The number of aliphatic hydroxyl groups is 1. The normalized spacial score (nSPS) is 15.5. The van der Waals surface area contributed by atoms with Gasteiger partial charge in [-0.3, -0.25) is 0 Å². The van der Waals surface area contributed by atoms with Crippen LogP contribution in [-0.4, -0.2) is 31.9 Å². The Hall–Kier alpha value is -2.81. The van der Waals surface area contributed by atoms with Gasteiger partial charge in [-0.1, -0.05) is 12.1 Å². The minimum atomic E-state index is 0.696. The Morgan fingerprint density at radius 2 is 1.96 bits per heavy atom. The number of benzene rings is 2. The van der Waals surface area contributed by atoms with Gasteiger partial charge in [-0.2, -0.15) is 5.26 Å². The van der Waals surface area contributed by atoms with Gasteiger partial charge >= 0.3 is 0 Å². The van der Waals surface area contributed by atoms with Crippen LogP contribution in [0.5, 0.6) is 0 Å². The van der Waals surface area contributed by atoms with Gasteiger partial charge in [0.05, 0.1) is 11.6 Å². The zero-order chi connectivity index (χ0) is 19.8. The Morgan fingerprint density at radius 3 is 2.75 bits per heavy atom. The summed E-state index contributed by atoms with van der Waals surface area (Å²) in [5.41, 5.74) is 6.71. The lowest BCUT2D eigenvalue weighted by Gasteiger charge is -2.25. The summed E-state index contributed by atoms with van der Waals surface area (Å²) in [5.74, 6) is 0.726. The fourth-order valence-electron chi connectivity index (χ4n) is 3.78. The molecule has 1 fully saturated rings. The molecule has 2 aliphatic heterocycles. The molecule has 0 spiro atoms. The molecule has 1 saturated heterocycles. The van der Waals surface area contributed by atoms with Crippen molar-refractivity contribution < 1.29 is 5.11 Å². The van der Waals surface area contributed by atoms with Gasteiger partial charge in [0.15, 0.2) is 0 Å². The summed E-state index contributed by atoms with van der Waals surface area (Å²) in [7, 11) is 1.00. The predicted molar refractivity (Wildman–Crippen MR) is 115 cm³/mol. The molecule has 2 heterocycles. The van der Waals surface area contributed by atoms with E-state index in [0.29, 0.717) is 5.56 Å². The van der Waals surface area contributed by atoms with Crippen molar-refractivity contribution in [3.05, 3.63) is 59.3 Å². The maximum Gasteiger partial charge on any atom is 0.0991 e. The molecule has 0 aromatic heterocycles. The summed E-state index contributed by atoms with van der Waals surface area (Å²) in [6, 6.07) is 14.5. The number of fused-ring (bicyclic) bond motifs is 1. The largest absolute Gasteiger partial charge is 0.400 e. The number of nitrogens with one attached hydrogen (secondary N) is 3. The third-order valence-electron chi connectivity index (χ3n) is 5.31. The lowest BCUT2D eigenvalue weighted by Crippen LogP contribution is -2.31. The van der Waals surface area contributed by atoms with Crippen LogP contribution >= 0.6 is 0 Å². The van der Waals surface area contributed by atoms with Gasteiger partial charge < -0.3 is 21.1 Å². The number of hydrogen-bond acceptors (Lipinski definition) is 5. The van der Waals surface area contributed by atoms with Crippen LogP contribution in [0, 0.1) is 17.2 Å². The number of nitriles is 1. The molecule has 0 aliphatic carbocycles. The van der Waals surface area contributed by atoms with Crippen LogP contribution in [0.2, 0.25) is 0 Å². The fraction of sp³-hybridized carbons (Fsp3) is 0.348. The molecule has 146 valence electrons. The Bertz CT molecular complexity index is 863. The summed E-state index contributed by atoms with van der Waals surface area (Å²) >= 11 is 0. The monoisotopic (exact) mass is 376 g/mol. The molecule has 28 heavy (non-hydrogen) atoms. The van der Waals surface area contributed by atoms with Crippen LogP contribution in [-0.2, 0) is 6.54 Å². The summed E-state index contributed by atoms with van der Waals surface area (Å²) in [6.45, 7) is 4.10. The van der Waals surface area contributed by atoms with Gasteiger partial charge in [0, 0.05) is 31.5 Å². The van der Waals surface area contributed by atoms with Crippen molar-refractivity contribution >= 4 is 11.8 Å². The number of rotatable bonds is 4. The number of aliphatic hydroxyl groups excluding tert-OH is 1. The summed E-state index contributed by atoms with van der Waals surface area (Å²) in [6.07, 6.45) is 6.61. The number of nitrogens with zero attached hydrogens (tertiary/aromatic N) is 1. The van der Waals surface area contributed by atoms with Crippen LogP contribution in [0.15, 0.2) is 42.6 Å². The highest BCUT2D eigenvalue weighted by Crippen LogP contribution is 2.32. The van der Waals surface area contributed by atoms with E-state index in [0.717, 1.165) is 50.3 Å². The molecule has 5 nitrogen and oxygen atoms in total. The molecule has 0 saturated carbocycles. The fourth-order valence-corrected chi connectivity index (χ4v) is 3.78. The van der Waals surface area contributed by atoms with E-state index >= 15 is 0 Å². The van der Waals surface area contributed by atoms with E-state index in [4.69, 9.17) is 5.11 Å². The van der Waals surface area contributed by atoms with Crippen LogP contribution < -0.4 is 16.0 Å². The second-order valence-electron chi connectivity index (χ2n) is 7.07. The minimum Gasteiger partial charge on any atom is -0.400 e. The molecule has 0 radical (unpaired) electrons. The van der Waals surface area contributed by atoms with Crippen LogP contribution in [0.25, 0.3) is 17.2 Å². The molecule has 0 bridgehead atoms. The highest BCUT2D eigenvalue weighted by Gasteiger charge is 2.16. The molecule has 4 N–H and O–H groups in total. The smallest absolute Gasteiger partial charge is 0.0991 e. The van der Waals surface area contributed by atoms with Gasteiger partial charge in [0.2, 0.25) is 0 Å². The van der Waals surface area contributed by atoms with Gasteiger partial charge in [-0.05, 0) is 85.1 Å². The third kappa shape index (κ3) is 4.72. The lowest BCUT2D eigenvalue weighted by molar-refractivity contribution is 0.390. The van der Waals surface area contributed by atoms with E-state index in [1.165, 1.54) is 29.7 Å². The first kappa shape index (κ1) is 19.9. The van der Waals surface area contributed by atoms with Gasteiger partial charge in [0.1, 0.15) is 0 Å². The van der Waals surface area contributed by atoms with E-state index in [2.05, 4.69) is 46.3 Å². The zero-order valence-corrected chi connectivity index (χ0v) is 16.3. The van der Waals surface area contributed by atoms with Crippen molar-refractivity contribution in [2.24, 2.45) is 5.92 Å². The van der Waals surface area contributed by atoms with E-state index in [-0.39, 0.29) is 0 Å². The van der Waals surface area contributed by atoms with E-state index < -0.39 is 0 Å².